The molecule has 0 amide bonds. The van der Waals surface area contributed by atoms with Gasteiger partial charge in [-0.15, -0.1) is 0 Å². The quantitative estimate of drug-likeness (QED) is 0.744. The second kappa shape index (κ2) is 5.49. The molecular weight excluding hydrogens is 214 g/mol. The zero-order chi connectivity index (χ0) is 11.2. The first-order chi connectivity index (χ1) is 7.92. The summed E-state index contributed by atoms with van der Waals surface area (Å²) in [5, 5.41) is 0. The van der Waals surface area contributed by atoms with E-state index in [1.807, 2.05) is 36.4 Å². The van der Waals surface area contributed by atoms with Crippen molar-refractivity contribution in [3.8, 4) is 0 Å². The Balaban J connectivity index is 2.31. The fourth-order valence-corrected chi connectivity index (χ4v) is 2.19. The zero-order valence-corrected chi connectivity index (χ0v) is 10.1. The first-order valence-electron chi connectivity index (χ1n) is 5.10. The van der Waals surface area contributed by atoms with Crippen LogP contribution in [0.5, 0.6) is 0 Å². The molecule has 0 N–H and O–H groups in total. The molecule has 0 atom stereocenters. The van der Waals surface area contributed by atoms with E-state index >= 15 is 0 Å². The molecule has 0 aromatic heterocycles. The lowest BCUT2D eigenvalue weighted by Gasteiger charge is -2.22. The number of nitrogens with zero attached hydrogens (tertiary/aromatic N) is 1. The summed E-state index contributed by atoms with van der Waals surface area (Å²) in [5.74, 6) is 0. The number of hydrogen-bond acceptors (Lipinski definition) is 2. The summed E-state index contributed by atoms with van der Waals surface area (Å²) >= 11 is 0. The molecule has 2 aromatic rings. The van der Waals surface area contributed by atoms with E-state index in [4.69, 9.17) is 4.43 Å². The first kappa shape index (κ1) is 10.9. The Kier molecular flexibility index (Phi) is 3.74. The van der Waals surface area contributed by atoms with Gasteiger partial charge >= 0.3 is 9.92 Å². The zero-order valence-electron chi connectivity index (χ0n) is 9.13. The van der Waals surface area contributed by atoms with E-state index in [2.05, 4.69) is 28.8 Å². The fourth-order valence-electron chi connectivity index (χ4n) is 1.50. The van der Waals surface area contributed by atoms with Crippen LogP contribution in [0.15, 0.2) is 60.7 Å². The maximum absolute atomic E-state index is 5.27. The van der Waals surface area contributed by atoms with Crippen LogP contribution in [-0.4, -0.2) is 17.0 Å². The number of rotatable bonds is 4. The van der Waals surface area contributed by atoms with Gasteiger partial charge in [0.25, 0.3) is 0 Å². The van der Waals surface area contributed by atoms with Gasteiger partial charge in [0.1, 0.15) is 0 Å². The van der Waals surface area contributed by atoms with Gasteiger partial charge in [0.15, 0.2) is 0 Å². The summed E-state index contributed by atoms with van der Waals surface area (Å²) < 4.78 is 7.42. The van der Waals surface area contributed by atoms with E-state index in [1.54, 1.807) is 7.11 Å². The molecule has 0 fully saturated rings. The molecule has 0 unspecified atom stereocenters. The van der Waals surface area contributed by atoms with Crippen LogP contribution in [0.3, 0.4) is 0 Å². The van der Waals surface area contributed by atoms with Crippen LogP contribution < -0.4 is 4.57 Å². The monoisotopic (exact) mass is 227 g/mol. The second-order valence-electron chi connectivity index (χ2n) is 3.30. The van der Waals surface area contributed by atoms with Gasteiger partial charge in [0, 0.05) is 18.5 Å². The molecule has 0 saturated heterocycles. The molecule has 2 nitrogen and oxygen atoms in total. The molecule has 0 spiro atoms. The van der Waals surface area contributed by atoms with E-state index in [0.29, 0.717) is 9.92 Å². The van der Waals surface area contributed by atoms with E-state index in [0.717, 1.165) is 11.4 Å². The van der Waals surface area contributed by atoms with Crippen molar-refractivity contribution in [2.24, 2.45) is 0 Å². The largest absolute Gasteiger partial charge is 0.401 e. The average molecular weight is 227 g/mol. The van der Waals surface area contributed by atoms with Gasteiger partial charge in [-0.25, -0.2) is 0 Å². The van der Waals surface area contributed by atoms with Crippen LogP contribution in [0, 0.1) is 0 Å². The minimum atomic E-state index is 0.294. The number of para-hydroxylation sites is 2. The Morgan fingerprint density at radius 1 is 0.812 bits per heavy atom. The van der Waals surface area contributed by atoms with Crippen LogP contribution in [-0.2, 0) is 4.43 Å². The maximum atomic E-state index is 5.27. The minimum absolute atomic E-state index is 0.294. The molecule has 0 aliphatic heterocycles. The van der Waals surface area contributed by atoms with Gasteiger partial charge in [0.2, 0.25) is 0 Å². The highest BCUT2D eigenvalue weighted by molar-refractivity contribution is 6.37. The third-order valence-corrected chi connectivity index (χ3v) is 3.09. The third-order valence-electron chi connectivity index (χ3n) is 2.21. The molecule has 0 aliphatic rings. The topological polar surface area (TPSA) is 12.5 Å². The molecule has 2 radical (unpaired) electrons. The molecule has 16 heavy (non-hydrogen) atoms. The van der Waals surface area contributed by atoms with Gasteiger partial charge in [-0.2, -0.15) is 0 Å². The lowest BCUT2D eigenvalue weighted by molar-refractivity contribution is 0.442. The van der Waals surface area contributed by atoms with Crippen LogP contribution in [0.4, 0.5) is 11.4 Å². The maximum Gasteiger partial charge on any atom is 0.387 e. The van der Waals surface area contributed by atoms with Crippen molar-refractivity contribution in [1.29, 1.82) is 0 Å². The van der Waals surface area contributed by atoms with Gasteiger partial charge in [-0.05, 0) is 24.3 Å². The summed E-state index contributed by atoms with van der Waals surface area (Å²) in [6.07, 6.45) is 0. The standard InChI is InChI=1S/C13H13NOSi/c1-15-16-14(12-8-4-2-5-9-12)13-10-6-3-7-11-13/h2-11H,1H3. The molecule has 80 valence electrons. The second-order valence-corrected chi connectivity index (χ2v) is 4.34. The summed E-state index contributed by atoms with van der Waals surface area (Å²) in [5.41, 5.74) is 2.29. The van der Waals surface area contributed by atoms with Crippen molar-refractivity contribution in [3.63, 3.8) is 0 Å². The highest BCUT2D eigenvalue weighted by Gasteiger charge is 2.09. The summed E-state index contributed by atoms with van der Waals surface area (Å²) in [7, 11) is 2.01. The van der Waals surface area contributed by atoms with Gasteiger partial charge in [-0.1, -0.05) is 36.4 Å². The van der Waals surface area contributed by atoms with E-state index < -0.39 is 0 Å². The molecule has 2 aromatic carbocycles. The van der Waals surface area contributed by atoms with Crippen molar-refractivity contribution >= 4 is 21.3 Å². The van der Waals surface area contributed by atoms with Crippen molar-refractivity contribution in [2.75, 3.05) is 11.7 Å². The normalized spacial score (nSPS) is 10.1. The average Bonchev–Trinajstić information content (AvgIpc) is 2.38. The number of hydrogen-bond donors (Lipinski definition) is 0. The Hall–Kier alpha value is -1.58. The molecule has 0 saturated carbocycles. The van der Waals surface area contributed by atoms with Gasteiger partial charge in [-0.3, -0.25) is 0 Å². The number of benzene rings is 2. The van der Waals surface area contributed by atoms with E-state index in [1.165, 1.54) is 0 Å². The predicted molar refractivity (Wildman–Crippen MR) is 67.8 cm³/mol. The summed E-state index contributed by atoms with van der Waals surface area (Å²) in [4.78, 5) is 0. The van der Waals surface area contributed by atoms with Gasteiger partial charge < -0.3 is 8.99 Å². The predicted octanol–water partition coefficient (Wildman–Crippen LogP) is 3.01. The van der Waals surface area contributed by atoms with E-state index in [-0.39, 0.29) is 0 Å². The van der Waals surface area contributed by atoms with Crippen molar-refractivity contribution in [2.45, 2.75) is 0 Å². The summed E-state index contributed by atoms with van der Waals surface area (Å²) in [6.45, 7) is 0. The molecule has 2 rings (SSSR count). The lowest BCUT2D eigenvalue weighted by atomic mass is 10.3. The highest BCUT2D eigenvalue weighted by Crippen LogP contribution is 2.23. The fraction of sp³-hybridized carbons (Fsp3) is 0.0769. The van der Waals surface area contributed by atoms with Crippen molar-refractivity contribution in [1.82, 2.24) is 0 Å². The van der Waals surface area contributed by atoms with Crippen LogP contribution in [0.25, 0.3) is 0 Å². The highest BCUT2D eigenvalue weighted by atomic mass is 28.2. The van der Waals surface area contributed by atoms with Crippen molar-refractivity contribution in [3.05, 3.63) is 60.7 Å². The molecule has 0 heterocycles. The van der Waals surface area contributed by atoms with Crippen LogP contribution in [0.2, 0.25) is 0 Å². The Labute approximate surface area is 98.5 Å². The van der Waals surface area contributed by atoms with Gasteiger partial charge in [0.05, 0.1) is 0 Å². The number of anilines is 2. The Morgan fingerprint density at radius 3 is 1.62 bits per heavy atom. The first-order valence-corrected chi connectivity index (χ1v) is 5.96. The molecule has 3 heteroatoms. The molecule has 0 aliphatic carbocycles. The Morgan fingerprint density at radius 2 is 1.25 bits per heavy atom. The van der Waals surface area contributed by atoms with Crippen LogP contribution >= 0.6 is 0 Å². The summed E-state index contributed by atoms with van der Waals surface area (Å²) in [6, 6.07) is 20.5. The molecule has 0 bridgehead atoms. The SMILES string of the molecule is CO[Si]N(c1ccccc1)c1ccccc1. The van der Waals surface area contributed by atoms with Crippen LogP contribution in [0.1, 0.15) is 0 Å². The van der Waals surface area contributed by atoms with E-state index in [9.17, 15) is 0 Å². The minimum Gasteiger partial charge on any atom is -0.401 e. The Bertz CT molecular complexity index is 379. The smallest absolute Gasteiger partial charge is 0.387 e. The lowest BCUT2D eigenvalue weighted by Crippen LogP contribution is -2.23. The third kappa shape index (κ3) is 2.51. The molecular formula is C13H13NOSi. The van der Waals surface area contributed by atoms with Crippen molar-refractivity contribution < 1.29 is 4.43 Å².